The molecule has 2 N–H and O–H groups in total. The molecule has 130 valence electrons. The number of amides is 2. The summed E-state index contributed by atoms with van der Waals surface area (Å²) in [5.41, 5.74) is 3.44. The lowest BCUT2D eigenvalue weighted by Gasteiger charge is -2.12. The number of hydrogen-bond donors (Lipinski definition) is 2. The third kappa shape index (κ3) is 5.23. The first-order valence-corrected chi connectivity index (χ1v) is 8.04. The summed E-state index contributed by atoms with van der Waals surface area (Å²) in [6.45, 7) is 0. The predicted molar refractivity (Wildman–Crippen MR) is 96.2 cm³/mol. The molecule has 2 rings (SSSR count). The number of carbonyl (C=O) groups is 2. The third-order valence-corrected chi connectivity index (χ3v) is 3.81. The van der Waals surface area contributed by atoms with Crippen molar-refractivity contribution in [3.05, 3.63) is 63.0 Å². The van der Waals surface area contributed by atoms with Crippen molar-refractivity contribution >= 4 is 39.9 Å². The molecule has 2 aromatic rings. The smallest absolute Gasteiger partial charge is 0.270 e. The van der Waals surface area contributed by atoms with Crippen LogP contribution in [0.15, 0.2) is 41.8 Å². The van der Waals surface area contributed by atoms with Crippen LogP contribution in [-0.2, 0) is 4.79 Å². The number of hydrazine groups is 1. The third-order valence-electron chi connectivity index (χ3n) is 2.98. The summed E-state index contributed by atoms with van der Waals surface area (Å²) in [7, 11) is 3.37. The van der Waals surface area contributed by atoms with Gasteiger partial charge in [0, 0.05) is 32.3 Å². The number of non-ortho nitro benzene ring substituents is 1. The van der Waals surface area contributed by atoms with E-state index < -0.39 is 10.8 Å². The molecule has 0 saturated heterocycles. The number of carbonyl (C=O) groups excluding carboxylic acids is 2. The molecule has 0 bridgehead atoms. The topological polar surface area (TPSA) is 105 Å². The van der Waals surface area contributed by atoms with Gasteiger partial charge in [-0.25, -0.2) is 5.01 Å². The van der Waals surface area contributed by atoms with Crippen molar-refractivity contribution in [2.75, 3.05) is 19.4 Å². The van der Waals surface area contributed by atoms with Gasteiger partial charge in [-0.05, 0) is 23.1 Å². The van der Waals surface area contributed by atoms with Gasteiger partial charge >= 0.3 is 0 Å². The highest BCUT2D eigenvalue weighted by molar-refractivity contribution is 7.14. The van der Waals surface area contributed by atoms with Gasteiger partial charge in [0.25, 0.3) is 11.6 Å². The Bertz CT molecular complexity index is 829. The first-order chi connectivity index (χ1) is 11.9. The van der Waals surface area contributed by atoms with Gasteiger partial charge in [0.2, 0.25) is 5.91 Å². The van der Waals surface area contributed by atoms with Crippen molar-refractivity contribution in [3.8, 4) is 0 Å². The number of nitro benzene ring substituents is 1. The molecule has 0 aliphatic carbocycles. The van der Waals surface area contributed by atoms with Crippen LogP contribution in [0.1, 0.15) is 15.9 Å². The van der Waals surface area contributed by atoms with Gasteiger partial charge in [0.15, 0.2) is 0 Å². The summed E-state index contributed by atoms with van der Waals surface area (Å²) in [4.78, 5) is 34.3. The highest BCUT2D eigenvalue weighted by Gasteiger charge is 2.14. The van der Waals surface area contributed by atoms with E-state index in [1.165, 1.54) is 40.6 Å². The van der Waals surface area contributed by atoms with Crippen LogP contribution >= 0.6 is 11.3 Å². The van der Waals surface area contributed by atoms with Crippen LogP contribution in [0.2, 0.25) is 0 Å². The molecule has 8 nitrogen and oxygen atoms in total. The molecule has 0 spiro atoms. The van der Waals surface area contributed by atoms with Crippen molar-refractivity contribution in [2.24, 2.45) is 0 Å². The summed E-state index contributed by atoms with van der Waals surface area (Å²) in [6, 6.07) is 7.55. The average molecular weight is 360 g/mol. The molecule has 0 aliphatic heterocycles. The zero-order chi connectivity index (χ0) is 18.4. The maximum absolute atomic E-state index is 12.0. The first kappa shape index (κ1) is 18.3. The van der Waals surface area contributed by atoms with Crippen molar-refractivity contribution in [2.45, 2.75) is 0 Å². The molecular formula is C16H16N4O4S. The number of hydrogen-bond acceptors (Lipinski definition) is 6. The van der Waals surface area contributed by atoms with Crippen LogP contribution in [0.4, 0.5) is 10.7 Å². The Hall–Kier alpha value is -3.04. The van der Waals surface area contributed by atoms with E-state index in [1.54, 1.807) is 37.7 Å². The van der Waals surface area contributed by atoms with Crippen LogP contribution in [0.25, 0.3) is 6.08 Å². The van der Waals surface area contributed by atoms with Gasteiger partial charge < -0.3 is 5.32 Å². The monoisotopic (exact) mass is 360 g/mol. The summed E-state index contributed by atoms with van der Waals surface area (Å²) in [5, 5.41) is 17.0. The lowest BCUT2D eigenvalue weighted by molar-refractivity contribution is -0.384. The van der Waals surface area contributed by atoms with Gasteiger partial charge in [-0.2, -0.15) is 0 Å². The molecule has 1 aromatic heterocycles. The predicted octanol–water partition coefficient (Wildman–Crippen LogP) is 2.51. The number of thiophene rings is 1. The van der Waals surface area contributed by atoms with E-state index in [0.29, 0.717) is 16.1 Å². The molecule has 0 radical (unpaired) electrons. The summed E-state index contributed by atoms with van der Waals surface area (Å²) in [6.07, 6.45) is 2.72. The zero-order valence-corrected chi connectivity index (χ0v) is 14.4. The maximum atomic E-state index is 12.0. The molecule has 0 aliphatic rings. The van der Waals surface area contributed by atoms with Crippen LogP contribution in [0.3, 0.4) is 0 Å². The Morgan fingerprint density at radius 3 is 2.72 bits per heavy atom. The summed E-state index contributed by atoms with van der Waals surface area (Å²) < 4.78 is 0. The summed E-state index contributed by atoms with van der Waals surface area (Å²) >= 11 is 1.23. The number of nitro groups is 1. The minimum atomic E-state index is -0.501. The van der Waals surface area contributed by atoms with E-state index in [0.717, 1.165) is 0 Å². The summed E-state index contributed by atoms with van der Waals surface area (Å²) in [5.74, 6) is -0.767. The molecule has 1 heterocycles. The van der Waals surface area contributed by atoms with E-state index in [1.807, 2.05) is 0 Å². The van der Waals surface area contributed by atoms with Crippen LogP contribution in [0.5, 0.6) is 0 Å². The lowest BCUT2D eigenvalue weighted by Crippen LogP contribution is -2.36. The Balaban J connectivity index is 2.06. The Morgan fingerprint density at radius 1 is 1.28 bits per heavy atom. The van der Waals surface area contributed by atoms with Crippen LogP contribution in [0, 0.1) is 10.1 Å². The van der Waals surface area contributed by atoms with Crippen molar-refractivity contribution in [1.29, 1.82) is 0 Å². The normalized spacial score (nSPS) is 10.8. The molecule has 9 heteroatoms. The Morgan fingerprint density at radius 2 is 2.04 bits per heavy atom. The van der Waals surface area contributed by atoms with Gasteiger partial charge in [0.1, 0.15) is 5.00 Å². The minimum absolute atomic E-state index is 0.0524. The molecule has 0 atom stereocenters. The highest BCUT2D eigenvalue weighted by Crippen LogP contribution is 2.23. The SMILES string of the molecule is CN(C)NC(=O)c1ccsc1NC(=O)/C=C/c1cccc([N+](=O)[O-])c1. The second-order valence-electron chi connectivity index (χ2n) is 5.17. The van der Waals surface area contributed by atoms with Crippen LogP contribution in [-0.4, -0.2) is 35.8 Å². The molecular weight excluding hydrogens is 344 g/mol. The Labute approximate surface area is 147 Å². The molecule has 1 aromatic carbocycles. The van der Waals surface area contributed by atoms with Gasteiger partial charge in [-0.3, -0.25) is 25.1 Å². The molecule has 25 heavy (non-hydrogen) atoms. The first-order valence-electron chi connectivity index (χ1n) is 7.16. The van der Waals surface area contributed by atoms with E-state index in [-0.39, 0.29) is 11.6 Å². The van der Waals surface area contributed by atoms with Gasteiger partial charge in [-0.1, -0.05) is 12.1 Å². The quantitative estimate of drug-likeness (QED) is 0.468. The standard InChI is InChI=1S/C16H16N4O4S/c1-19(2)18-15(22)13-8-9-25-16(13)17-14(21)7-6-11-4-3-5-12(10-11)20(23)24/h3-10H,1-2H3,(H,17,21)(H,18,22)/b7-6+. The van der Waals surface area contributed by atoms with E-state index >= 15 is 0 Å². The molecule has 2 amide bonds. The number of nitrogens with zero attached hydrogens (tertiary/aromatic N) is 2. The second kappa shape index (κ2) is 8.18. The minimum Gasteiger partial charge on any atom is -0.313 e. The molecule has 0 saturated carbocycles. The fourth-order valence-corrected chi connectivity index (χ4v) is 2.70. The number of benzene rings is 1. The highest BCUT2D eigenvalue weighted by atomic mass is 32.1. The van der Waals surface area contributed by atoms with Crippen molar-refractivity contribution in [1.82, 2.24) is 10.4 Å². The number of anilines is 1. The van der Waals surface area contributed by atoms with E-state index in [2.05, 4.69) is 10.7 Å². The second-order valence-corrected chi connectivity index (χ2v) is 6.09. The lowest BCUT2D eigenvalue weighted by atomic mass is 10.2. The van der Waals surface area contributed by atoms with Crippen molar-refractivity contribution < 1.29 is 14.5 Å². The average Bonchev–Trinajstić information content (AvgIpc) is 3.00. The maximum Gasteiger partial charge on any atom is 0.270 e. The number of rotatable bonds is 6. The molecule has 0 fully saturated rings. The molecule has 0 unspecified atom stereocenters. The number of nitrogens with one attached hydrogen (secondary N) is 2. The van der Waals surface area contributed by atoms with Gasteiger partial charge in [0.05, 0.1) is 10.5 Å². The Kier molecular flexibility index (Phi) is 5.98. The van der Waals surface area contributed by atoms with Gasteiger partial charge in [-0.15, -0.1) is 11.3 Å². The van der Waals surface area contributed by atoms with Crippen molar-refractivity contribution in [3.63, 3.8) is 0 Å². The van der Waals surface area contributed by atoms with E-state index in [4.69, 9.17) is 0 Å². The largest absolute Gasteiger partial charge is 0.313 e. The zero-order valence-electron chi connectivity index (χ0n) is 13.6. The fourth-order valence-electron chi connectivity index (χ4n) is 1.92. The van der Waals surface area contributed by atoms with Crippen LogP contribution < -0.4 is 10.7 Å². The van der Waals surface area contributed by atoms with E-state index in [9.17, 15) is 19.7 Å². The fraction of sp³-hybridized carbons (Fsp3) is 0.125.